The van der Waals surface area contributed by atoms with E-state index in [0.717, 1.165) is 17.7 Å². The van der Waals surface area contributed by atoms with Gasteiger partial charge in [0.2, 0.25) is 11.8 Å². The summed E-state index contributed by atoms with van der Waals surface area (Å²) in [4.78, 5) is 24.4. The minimum atomic E-state index is -0.548. The Kier molecular flexibility index (Phi) is 7.23. The Balaban J connectivity index is 2.97. The van der Waals surface area contributed by atoms with Gasteiger partial charge in [-0.2, -0.15) is 0 Å². The van der Waals surface area contributed by atoms with Gasteiger partial charge in [-0.3, -0.25) is 9.59 Å². The number of rotatable bonds is 8. The highest BCUT2D eigenvalue weighted by Gasteiger charge is 2.33. The van der Waals surface area contributed by atoms with Crippen LogP contribution in [0.5, 0.6) is 0 Å². The summed E-state index contributed by atoms with van der Waals surface area (Å²) in [5, 5.41) is 5.87. The fourth-order valence-electron chi connectivity index (χ4n) is 2.55. The maximum Gasteiger partial charge on any atom is 0.231 e. The summed E-state index contributed by atoms with van der Waals surface area (Å²) in [6, 6.07) is 5.51. The monoisotopic (exact) mass is 319 g/mol. The third-order valence-electron chi connectivity index (χ3n) is 4.56. The van der Waals surface area contributed by atoms with E-state index in [-0.39, 0.29) is 11.8 Å². The van der Waals surface area contributed by atoms with E-state index in [1.807, 2.05) is 45.9 Å². The lowest BCUT2D eigenvalue weighted by molar-refractivity contribution is -0.125. The van der Waals surface area contributed by atoms with Gasteiger partial charge in [-0.25, -0.2) is 0 Å². The quantitative estimate of drug-likeness (QED) is 0.686. The Morgan fingerprint density at radius 2 is 1.65 bits per heavy atom. The van der Waals surface area contributed by atoms with Crippen LogP contribution in [-0.2, 0) is 9.59 Å². The molecular formula is C18H29N3O2. The normalized spacial score (nSPS) is 11.2. The predicted octanol–water partition coefficient (Wildman–Crippen LogP) is 3.44. The molecule has 0 aliphatic carbocycles. The van der Waals surface area contributed by atoms with Gasteiger partial charge in [-0.1, -0.05) is 26.8 Å². The molecule has 0 saturated heterocycles. The van der Waals surface area contributed by atoms with Crippen molar-refractivity contribution in [3.63, 3.8) is 0 Å². The second-order valence-electron chi connectivity index (χ2n) is 5.92. The fourth-order valence-corrected chi connectivity index (χ4v) is 2.55. The van der Waals surface area contributed by atoms with Crippen molar-refractivity contribution in [2.45, 2.75) is 53.4 Å². The van der Waals surface area contributed by atoms with Crippen molar-refractivity contribution in [3.05, 3.63) is 23.8 Å². The Labute approximate surface area is 139 Å². The van der Waals surface area contributed by atoms with E-state index in [1.54, 1.807) is 0 Å². The van der Waals surface area contributed by atoms with Gasteiger partial charge in [0.15, 0.2) is 0 Å². The number of carbonyl (C=O) groups is 2. The summed E-state index contributed by atoms with van der Waals surface area (Å²) < 4.78 is 0. The Morgan fingerprint density at radius 3 is 2.13 bits per heavy atom. The molecule has 128 valence electrons. The number of benzene rings is 1. The van der Waals surface area contributed by atoms with E-state index in [9.17, 15) is 9.59 Å². The summed E-state index contributed by atoms with van der Waals surface area (Å²) in [6.07, 6.45) is 2.67. The number of nitrogens with two attached hydrogens (primary N) is 1. The summed E-state index contributed by atoms with van der Waals surface area (Å²) in [7, 11) is 0. The molecule has 1 aromatic rings. The summed E-state index contributed by atoms with van der Waals surface area (Å²) in [6.45, 7) is 8.12. The first-order chi connectivity index (χ1) is 10.9. The zero-order chi connectivity index (χ0) is 17.5. The molecule has 0 saturated carbocycles. The van der Waals surface area contributed by atoms with E-state index in [0.29, 0.717) is 31.5 Å². The first-order valence-electron chi connectivity index (χ1n) is 8.35. The number of anilines is 2. The minimum absolute atomic E-state index is 0.0162. The molecule has 0 bridgehead atoms. The zero-order valence-electron chi connectivity index (χ0n) is 14.7. The molecule has 23 heavy (non-hydrogen) atoms. The first-order valence-corrected chi connectivity index (χ1v) is 8.35. The van der Waals surface area contributed by atoms with Crippen LogP contribution in [0, 0.1) is 12.3 Å². The third-order valence-corrected chi connectivity index (χ3v) is 4.56. The smallest absolute Gasteiger partial charge is 0.231 e. The minimum Gasteiger partial charge on any atom is -0.329 e. The maximum atomic E-state index is 12.6. The van der Waals surface area contributed by atoms with Gasteiger partial charge in [0.25, 0.3) is 0 Å². The van der Waals surface area contributed by atoms with Crippen LogP contribution in [-0.4, -0.2) is 18.4 Å². The van der Waals surface area contributed by atoms with E-state index in [2.05, 4.69) is 10.6 Å². The molecule has 0 aliphatic heterocycles. The Hall–Kier alpha value is -1.88. The van der Waals surface area contributed by atoms with Crippen molar-refractivity contribution in [1.82, 2.24) is 0 Å². The van der Waals surface area contributed by atoms with Crippen LogP contribution in [0.3, 0.4) is 0 Å². The summed E-state index contributed by atoms with van der Waals surface area (Å²) in [5.41, 5.74) is 7.58. The number of carbonyl (C=O) groups excluding carboxylic acids is 2. The van der Waals surface area contributed by atoms with E-state index in [4.69, 9.17) is 5.73 Å². The topological polar surface area (TPSA) is 84.2 Å². The highest BCUT2D eigenvalue weighted by atomic mass is 16.2. The van der Waals surface area contributed by atoms with Gasteiger partial charge >= 0.3 is 0 Å². The lowest BCUT2D eigenvalue weighted by Crippen LogP contribution is -2.41. The molecule has 1 rings (SSSR count). The molecule has 2 amide bonds. The van der Waals surface area contributed by atoms with Crippen LogP contribution in [0.15, 0.2) is 18.2 Å². The fraction of sp³-hybridized carbons (Fsp3) is 0.556. The molecule has 0 unspecified atom stereocenters. The molecule has 0 aromatic heterocycles. The van der Waals surface area contributed by atoms with Gasteiger partial charge in [0.1, 0.15) is 0 Å². The molecule has 1 aromatic carbocycles. The van der Waals surface area contributed by atoms with E-state index < -0.39 is 5.41 Å². The average Bonchev–Trinajstić information content (AvgIpc) is 2.54. The van der Waals surface area contributed by atoms with Crippen molar-refractivity contribution in [1.29, 1.82) is 0 Å². The van der Waals surface area contributed by atoms with Gasteiger partial charge in [0, 0.05) is 24.3 Å². The molecule has 0 heterocycles. The largest absolute Gasteiger partial charge is 0.329 e. The lowest BCUT2D eigenvalue weighted by Gasteiger charge is -2.29. The van der Waals surface area contributed by atoms with Crippen LogP contribution < -0.4 is 16.4 Å². The van der Waals surface area contributed by atoms with Crippen molar-refractivity contribution in [2.75, 3.05) is 17.2 Å². The van der Waals surface area contributed by atoms with Gasteiger partial charge in [-0.05, 0) is 43.9 Å². The molecule has 0 fully saturated rings. The number of nitrogens with one attached hydrogen (secondary N) is 2. The van der Waals surface area contributed by atoms with Crippen LogP contribution in [0.4, 0.5) is 11.4 Å². The first kappa shape index (κ1) is 19.2. The highest BCUT2D eigenvalue weighted by molar-refractivity contribution is 5.98. The average molecular weight is 319 g/mol. The zero-order valence-corrected chi connectivity index (χ0v) is 14.7. The van der Waals surface area contributed by atoms with E-state index >= 15 is 0 Å². The SMILES string of the molecule is CCCC(=O)Nc1cccc(NC(=O)C(CC)(CC)CN)c1C. The van der Waals surface area contributed by atoms with Crippen LogP contribution in [0.2, 0.25) is 0 Å². The molecule has 0 atom stereocenters. The molecule has 0 radical (unpaired) electrons. The van der Waals surface area contributed by atoms with Crippen molar-refractivity contribution in [3.8, 4) is 0 Å². The summed E-state index contributed by atoms with van der Waals surface area (Å²) >= 11 is 0. The standard InChI is InChI=1S/C18H29N3O2/c1-5-9-16(22)20-14-10-8-11-15(13(14)4)21-17(23)18(6-2,7-3)12-19/h8,10-11H,5-7,9,12,19H2,1-4H3,(H,20,22)(H,21,23). The second-order valence-corrected chi connectivity index (χ2v) is 5.92. The molecule has 5 nitrogen and oxygen atoms in total. The van der Waals surface area contributed by atoms with Gasteiger partial charge < -0.3 is 16.4 Å². The molecule has 5 heteroatoms. The molecule has 0 spiro atoms. The lowest BCUT2D eigenvalue weighted by atomic mass is 9.81. The van der Waals surface area contributed by atoms with Crippen LogP contribution >= 0.6 is 0 Å². The number of hydrogen-bond acceptors (Lipinski definition) is 3. The molecule has 4 N–H and O–H groups in total. The van der Waals surface area contributed by atoms with Crippen LogP contribution in [0.25, 0.3) is 0 Å². The number of hydrogen-bond donors (Lipinski definition) is 3. The number of amides is 2. The maximum absolute atomic E-state index is 12.6. The van der Waals surface area contributed by atoms with Crippen molar-refractivity contribution in [2.24, 2.45) is 11.1 Å². The Morgan fingerprint density at radius 1 is 1.09 bits per heavy atom. The molecular weight excluding hydrogens is 290 g/mol. The van der Waals surface area contributed by atoms with Crippen molar-refractivity contribution < 1.29 is 9.59 Å². The second kappa shape index (κ2) is 8.67. The summed E-state index contributed by atoms with van der Waals surface area (Å²) in [5.74, 6) is -0.0809. The molecule has 0 aliphatic rings. The van der Waals surface area contributed by atoms with E-state index in [1.165, 1.54) is 0 Å². The predicted molar refractivity (Wildman–Crippen MR) is 95.4 cm³/mol. The Bertz CT molecular complexity index is 543. The van der Waals surface area contributed by atoms with Crippen molar-refractivity contribution >= 4 is 23.2 Å². The van der Waals surface area contributed by atoms with Gasteiger partial charge in [0.05, 0.1) is 5.41 Å². The van der Waals surface area contributed by atoms with Gasteiger partial charge in [-0.15, -0.1) is 0 Å². The highest BCUT2D eigenvalue weighted by Crippen LogP contribution is 2.29. The van der Waals surface area contributed by atoms with Crippen LogP contribution in [0.1, 0.15) is 52.0 Å². The third kappa shape index (κ3) is 4.55.